The van der Waals surface area contributed by atoms with Crippen LogP contribution in [0, 0.1) is 6.92 Å². The molecule has 4 aromatic rings. The van der Waals surface area contributed by atoms with Gasteiger partial charge in [-0.2, -0.15) is 0 Å². The summed E-state index contributed by atoms with van der Waals surface area (Å²) < 4.78 is 3.90. The summed E-state index contributed by atoms with van der Waals surface area (Å²) in [6, 6.07) is 8.09. The first-order valence-electron chi connectivity index (χ1n) is 10.8. The molecule has 1 aliphatic rings. The Morgan fingerprint density at radius 2 is 2.03 bits per heavy atom. The Labute approximate surface area is 184 Å². The van der Waals surface area contributed by atoms with E-state index in [0.29, 0.717) is 5.78 Å². The molecule has 0 saturated heterocycles. The van der Waals surface area contributed by atoms with E-state index in [9.17, 15) is 4.79 Å². The molecule has 0 unspecified atom stereocenters. The van der Waals surface area contributed by atoms with Crippen molar-refractivity contribution in [2.24, 2.45) is 0 Å². The molecule has 156 valence electrons. The Morgan fingerprint density at radius 3 is 2.87 bits per heavy atom. The molecule has 0 fully saturated rings. The Balaban J connectivity index is 1.79. The third-order valence-electron chi connectivity index (χ3n) is 5.83. The van der Waals surface area contributed by atoms with Gasteiger partial charge in [-0.1, -0.05) is 43.7 Å². The fourth-order valence-corrected chi connectivity index (χ4v) is 6.69. The molecular formula is C23H26N4OS2. The Bertz CT molecular complexity index is 1280. The van der Waals surface area contributed by atoms with E-state index < -0.39 is 0 Å². The third-order valence-corrected chi connectivity index (χ3v) is 8.12. The van der Waals surface area contributed by atoms with Crippen LogP contribution in [0.5, 0.6) is 0 Å². The number of unbranched alkanes of at least 4 members (excludes halogenated alkanes) is 2. The van der Waals surface area contributed by atoms with Crippen LogP contribution in [0.15, 0.2) is 34.2 Å². The van der Waals surface area contributed by atoms with Gasteiger partial charge in [0.15, 0.2) is 5.16 Å². The maximum atomic E-state index is 13.8. The minimum absolute atomic E-state index is 0.0393. The monoisotopic (exact) mass is 438 g/mol. The summed E-state index contributed by atoms with van der Waals surface area (Å²) in [5.74, 6) is 1.64. The Morgan fingerprint density at radius 1 is 1.17 bits per heavy atom. The van der Waals surface area contributed by atoms with Crippen LogP contribution in [0.2, 0.25) is 0 Å². The quantitative estimate of drug-likeness (QED) is 0.292. The number of thioether (sulfide) groups is 1. The van der Waals surface area contributed by atoms with Crippen molar-refractivity contribution in [2.45, 2.75) is 63.9 Å². The number of aromatic nitrogens is 4. The first-order valence-corrected chi connectivity index (χ1v) is 12.6. The van der Waals surface area contributed by atoms with Gasteiger partial charge in [0, 0.05) is 10.6 Å². The molecule has 3 heterocycles. The number of nitrogens with zero attached hydrogens (tertiary/aromatic N) is 4. The van der Waals surface area contributed by atoms with Crippen LogP contribution in [0.25, 0.3) is 21.7 Å². The van der Waals surface area contributed by atoms with Crippen LogP contribution in [-0.2, 0) is 12.8 Å². The van der Waals surface area contributed by atoms with Crippen molar-refractivity contribution in [1.82, 2.24) is 19.2 Å². The van der Waals surface area contributed by atoms with Gasteiger partial charge in [-0.3, -0.25) is 4.79 Å². The zero-order valence-corrected chi connectivity index (χ0v) is 19.1. The molecule has 1 aliphatic carbocycles. The first-order chi connectivity index (χ1) is 14.7. The highest BCUT2D eigenvalue weighted by molar-refractivity contribution is 7.99. The number of benzene rings is 1. The lowest BCUT2D eigenvalue weighted by molar-refractivity contribution is 0.699. The highest BCUT2D eigenvalue weighted by atomic mass is 32.2. The predicted octanol–water partition coefficient (Wildman–Crippen LogP) is 5.56. The molecule has 3 aromatic heterocycles. The number of fused-ring (bicyclic) bond motifs is 5. The molecule has 5 nitrogen and oxygen atoms in total. The Kier molecular flexibility index (Phi) is 5.41. The van der Waals surface area contributed by atoms with E-state index in [4.69, 9.17) is 0 Å². The van der Waals surface area contributed by atoms with Crippen LogP contribution in [0.4, 0.5) is 0 Å². The number of thiophene rings is 1. The molecule has 0 aliphatic heterocycles. The summed E-state index contributed by atoms with van der Waals surface area (Å²) in [6.45, 7) is 4.27. The zero-order chi connectivity index (χ0) is 20.7. The molecule has 1 aromatic carbocycles. The topological polar surface area (TPSA) is 52.2 Å². The molecule has 0 N–H and O–H groups in total. The summed E-state index contributed by atoms with van der Waals surface area (Å²) in [4.78, 5) is 16.2. The minimum Gasteiger partial charge on any atom is -0.268 e. The maximum Gasteiger partial charge on any atom is 0.268 e. The standard InChI is InChI=1S/C23H26N4OS2/c1-3-4-7-13-29-23-25-24-22-26(16-10-8-9-15(2)14-16)20(28)19-17-11-5-6-12-18(17)30-21(19)27(22)23/h8-10,14H,3-7,11-13H2,1-2H3. The largest absolute Gasteiger partial charge is 0.268 e. The first kappa shape index (κ1) is 19.8. The van der Waals surface area contributed by atoms with Gasteiger partial charge in [-0.05, 0) is 62.3 Å². The van der Waals surface area contributed by atoms with Crippen molar-refractivity contribution in [3.05, 3.63) is 50.6 Å². The van der Waals surface area contributed by atoms with Crippen molar-refractivity contribution < 1.29 is 0 Å². The Hall–Kier alpha value is -2.12. The molecule has 0 saturated carbocycles. The molecule has 30 heavy (non-hydrogen) atoms. The summed E-state index contributed by atoms with van der Waals surface area (Å²) in [6.07, 6.45) is 8.01. The summed E-state index contributed by atoms with van der Waals surface area (Å²) >= 11 is 3.52. The highest BCUT2D eigenvalue weighted by Gasteiger charge is 2.25. The van der Waals surface area contributed by atoms with Gasteiger partial charge in [0.1, 0.15) is 4.83 Å². The van der Waals surface area contributed by atoms with Crippen LogP contribution in [0.3, 0.4) is 0 Å². The lowest BCUT2D eigenvalue weighted by atomic mass is 9.97. The van der Waals surface area contributed by atoms with Gasteiger partial charge in [0.05, 0.1) is 11.1 Å². The average Bonchev–Trinajstić information content (AvgIpc) is 3.33. The van der Waals surface area contributed by atoms with Gasteiger partial charge >= 0.3 is 0 Å². The van der Waals surface area contributed by atoms with Crippen molar-refractivity contribution in [3.63, 3.8) is 0 Å². The van der Waals surface area contributed by atoms with Crippen molar-refractivity contribution in [1.29, 1.82) is 0 Å². The average molecular weight is 439 g/mol. The van der Waals surface area contributed by atoms with E-state index >= 15 is 0 Å². The molecule has 0 atom stereocenters. The molecular weight excluding hydrogens is 412 g/mol. The second-order valence-electron chi connectivity index (χ2n) is 8.04. The predicted molar refractivity (Wildman–Crippen MR) is 126 cm³/mol. The summed E-state index contributed by atoms with van der Waals surface area (Å²) in [5, 5.41) is 10.8. The summed E-state index contributed by atoms with van der Waals surface area (Å²) in [7, 11) is 0. The van der Waals surface area contributed by atoms with E-state index in [0.717, 1.165) is 58.1 Å². The molecule has 5 rings (SSSR count). The van der Waals surface area contributed by atoms with E-state index in [1.54, 1.807) is 27.7 Å². The molecule has 0 bridgehead atoms. The van der Waals surface area contributed by atoms with Crippen molar-refractivity contribution in [3.8, 4) is 5.69 Å². The number of rotatable bonds is 6. The van der Waals surface area contributed by atoms with Gasteiger partial charge in [0.2, 0.25) is 5.78 Å². The van der Waals surface area contributed by atoms with Crippen molar-refractivity contribution in [2.75, 3.05) is 5.75 Å². The second kappa shape index (κ2) is 8.19. The van der Waals surface area contributed by atoms with Crippen LogP contribution < -0.4 is 5.56 Å². The fraction of sp³-hybridized carbons (Fsp3) is 0.435. The van der Waals surface area contributed by atoms with Gasteiger partial charge in [-0.25, -0.2) is 8.97 Å². The minimum atomic E-state index is 0.0393. The van der Waals surface area contributed by atoms with Gasteiger partial charge in [-0.15, -0.1) is 21.5 Å². The van der Waals surface area contributed by atoms with E-state index in [2.05, 4.69) is 40.6 Å². The summed E-state index contributed by atoms with van der Waals surface area (Å²) in [5.41, 5.74) is 3.28. The van der Waals surface area contributed by atoms with Crippen LogP contribution in [-0.4, -0.2) is 24.9 Å². The van der Waals surface area contributed by atoms with E-state index in [1.807, 2.05) is 12.1 Å². The fourth-order valence-electron chi connectivity index (χ4n) is 4.33. The van der Waals surface area contributed by atoms with Crippen LogP contribution in [0.1, 0.15) is 55.0 Å². The van der Waals surface area contributed by atoms with Crippen LogP contribution >= 0.6 is 23.1 Å². The van der Waals surface area contributed by atoms with Gasteiger partial charge in [0.25, 0.3) is 5.56 Å². The molecule has 7 heteroatoms. The number of hydrogen-bond acceptors (Lipinski definition) is 5. The lowest BCUT2D eigenvalue weighted by Gasteiger charge is -2.12. The lowest BCUT2D eigenvalue weighted by Crippen LogP contribution is -2.22. The number of hydrogen-bond donors (Lipinski definition) is 0. The molecule has 0 spiro atoms. The molecule has 0 radical (unpaired) electrons. The van der Waals surface area contributed by atoms with Gasteiger partial charge < -0.3 is 0 Å². The smallest absolute Gasteiger partial charge is 0.268 e. The van der Waals surface area contributed by atoms with Crippen molar-refractivity contribution >= 4 is 39.1 Å². The molecule has 0 amide bonds. The van der Waals surface area contributed by atoms with E-state index in [1.165, 1.54) is 29.7 Å². The third kappa shape index (κ3) is 3.28. The normalized spacial score (nSPS) is 13.9. The van der Waals surface area contributed by atoms with E-state index in [-0.39, 0.29) is 5.56 Å². The highest BCUT2D eigenvalue weighted by Crippen LogP contribution is 2.36. The maximum absolute atomic E-state index is 13.8. The second-order valence-corrected chi connectivity index (χ2v) is 10.2. The SMILES string of the molecule is CCCCCSc1nnc2n(-c3cccc(C)c3)c(=O)c3c4c(sc3n12)CCCC4. The number of aryl methyl sites for hydroxylation is 3. The zero-order valence-electron chi connectivity index (χ0n) is 17.5.